The number of alkyl halides is 3. The SMILES string of the molecule is C/C(=N\O)c1cccc(C(C)(C)NC(=O)Nc2ccc(C)c(C(F)(F)F)c2)c1. The number of hydrogen-bond donors (Lipinski definition) is 3. The van der Waals surface area contributed by atoms with E-state index in [4.69, 9.17) is 5.21 Å². The first-order valence-electron chi connectivity index (χ1n) is 8.50. The maximum absolute atomic E-state index is 13.0. The first-order valence-corrected chi connectivity index (χ1v) is 8.50. The molecule has 0 atom stereocenters. The normalized spacial score (nSPS) is 12.6. The third-order valence-electron chi connectivity index (χ3n) is 4.38. The summed E-state index contributed by atoms with van der Waals surface area (Å²) in [5, 5.41) is 17.3. The zero-order valence-corrected chi connectivity index (χ0v) is 16.0. The van der Waals surface area contributed by atoms with E-state index >= 15 is 0 Å². The van der Waals surface area contributed by atoms with Gasteiger partial charge in [-0.15, -0.1) is 0 Å². The van der Waals surface area contributed by atoms with Gasteiger partial charge in [0.05, 0.1) is 16.8 Å². The lowest BCUT2D eigenvalue weighted by Crippen LogP contribution is -2.43. The predicted octanol–water partition coefficient (Wildman–Crippen LogP) is 5.27. The van der Waals surface area contributed by atoms with Crippen molar-refractivity contribution in [3.63, 3.8) is 0 Å². The number of halogens is 3. The summed E-state index contributed by atoms with van der Waals surface area (Å²) in [7, 11) is 0. The largest absolute Gasteiger partial charge is 0.416 e. The Morgan fingerprint density at radius 1 is 1.11 bits per heavy atom. The van der Waals surface area contributed by atoms with E-state index in [0.29, 0.717) is 11.3 Å². The summed E-state index contributed by atoms with van der Waals surface area (Å²) >= 11 is 0. The standard InChI is InChI=1S/C20H22F3N3O2/c1-12-8-9-16(11-17(12)20(21,22)23)24-18(27)25-19(3,4)15-7-5-6-14(10-15)13(2)26-28/h5-11,28H,1-4H3,(H2,24,25,27)/b26-13+. The summed E-state index contributed by atoms with van der Waals surface area (Å²) in [6, 6.07) is 10.1. The molecule has 0 spiro atoms. The molecule has 3 N–H and O–H groups in total. The molecule has 0 fully saturated rings. The molecule has 0 aliphatic heterocycles. The van der Waals surface area contributed by atoms with E-state index in [-0.39, 0.29) is 11.3 Å². The van der Waals surface area contributed by atoms with Gasteiger partial charge in [0.25, 0.3) is 0 Å². The van der Waals surface area contributed by atoms with Crippen LogP contribution in [0.4, 0.5) is 23.7 Å². The molecule has 28 heavy (non-hydrogen) atoms. The Labute approximate surface area is 161 Å². The lowest BCUT2D eigenvalue weighted by molar-refractivity contribution is -0.138. The van der Waals surface area contributed by atoms with E-state index in [1.165, 1.54) is 19.1 Å². The number of nitrogens with one attached hydrogen (secondary N) is 2. The Balaban J connectivity index is 2.18. The van der Waals surface area contributed by atoms with Crippen LogP contribution in [0.2, 0.25) is 0 Å². The van der Waals surface area contributed by atoms with Gasteiger partial charge >= 0.3 is 12.2 Å². The second-order valence-electron chi connectivity index (χ2n) is 7.00. The van der Waals surface area contributed by atoms with E-state index in [2.05, 4.69) is 15.8 Å². The molecule has 8 heteroatoms. The van der Waals surface area contributed by atoms with Gasteiger partial charge in [0, 0.05) is 5.69 Å². The molecule has 2 aromatic rings. The molecule has 5 nitrogen and oxygen atoms in total. The highest BCUT2D eigenvalue weighted by molar-refractivity contribution is 5.98. The summed E-state index contributed by atoms with van der Waals surface area (Å²) < 4.78 is 39.1. The van der Waals surface area contributed by atoms with Crippen LogP contribution in [0.3, 0.4) is 0 Å². The molecule has 0 saturated carbocycles. The Morgan fingerprint density at radius 2 is 1.79 bits per heavy atom. The van der Waals surface area contributed by atoms with Gasteiger partial charge in [-0.3, -0.25) is 0 Å². The number of carbonyl (C=O) groups is 1. The molecule has 2 amide bonds. The Morgan fingerprint density at radius 3 is 2.39 bits per heavy atom. The van der Waals surface area contributed by atoms with Crippen LogP contribution in [0.15, 0.2) is 47.6 Å². The first-order chi connectivity index (χ1) is 12.9. The molecule has 0 bridgehead atoms. The van der Waals surface area contributed by atoms with E-state index in [9.17, 15) is 18.0 Å². The first kappa shape index (κ1) is 21.3. The molecular weight excluding hydrogens is 371 g/mol. The highest BCUT2D eigenvalue weighted by Crippen LogP contribution is 2.33. The summed E-state index contributed by atoms with van der Waals surface area (Å²) in [4.78, 5) is 12.4. The fourth-order valence-electron chi connectivity index (χ4n) is 2.71. The number of anilines is 1. The molecule has 0 saturated heterocycles. The number of aryl methyl sites for hydroxylation is 1. The topological polar surface area (TPSA) is 73.7 Å². The Hall–Kier alpha value is -3.03. The van der Waals surface area contributed by atoms with Crippen molar-refractivity contribution in [2.75, 3.05) is 5.32 Å². The molecule has 0 aromatic heterocycles. The molecule has 0 radical (unpaired) electrons. The van der Waals surface area contributed by atoms with Gasteiger partial charge in [0.1, 0.15) is 0 Å². The molecule has 2 rings (SSSR count). The lowest BCUT2D eigenvalue weighted by atomic mass is 9.92. The number of oxime groups is 1. The minimum atomic E-state index is -4.50. The van der Waals surface area contributed by atoms with Crippen molar-refractivity contribution in [3.8, 4) is 0 Å². The van der Waals surface area contributed by atoms with Gasteiger partial charge in [0.2, 0.25) is 0 Å². The number of carbonyl (C=O) groups excluding carboxylic acids is 1. The maximum Gasteiger partial charge on any atom is 0.416 e. The second-order valence-corrected chi connectivity index (χ2v) is 7.00. The number of urea groups is 1. The van der Waals surface area contributed by atoms with Crippen molar-refractivity contribution >= 4 is 17.4 Å². The molecule has 0 aliphatic rings. The van der Waals surface area contributed by atoms with Crippen molar-refractivity contribution in [2.24, 2.45) is 5.16 Å². The summed E-state index contributed by atoms with van der Waals surface area (Å²) in [5.74, 6) is 0. The number of amides is 2. The van der Waals surface area contributed by atoms with Gasteiger partial charge in [-0.05, 0) is 62.6 Å². The van der Waals surface area contributed by atoms with Crippen molar-refractivity contribution in [1.29, 1.82) is 0 Å². The van der Waals surface area contributed by atoms with Gasteiger partial charge in [0.15, 0.2) is 0 Å². The Kier molecular flexibility index (Phi) is 6.01. The third kappa shape index (κ3) is 5.03. The van der Waals surface area contributed by atoms with E-state index in [0.717, 1.165) is 11.6 Å². The van der Waals surface area contributed by atoms with Crippen molar-refractivity contribution in [3.05, 3.63) is 64.7 Å². The number of rotatable bonds is 4. The van der Waals surface area contributed by atoms with E-state index < -0.39 is 23.3 Å². The highest BCUT2D eigenvalue weighted by atomic mass is 19.4. The van der Waals surface area contributed by atoms with Crippen LogP contribution in [-0.4, -0.2) is 17.0 Å². The lowest BCUT2D eigenvalue weighted by Gasteiger charge is -2.27. The minimum absolute atomic E-state index is 0.0447. The van der Waals surface area contributed by atoms with E-state index in [1.54, 1.807) is 45.0 Å². The van der Waals surface area contributed by atoms with Gasteiger partial charge in [-0.2, -0.15) is 13.2 Å². The molecule has 0 aliphatic carbocycles. The van der Waals surface area contributed by atoms with Gasteiger partial charge in [-0.25, -0.2) is 4.79 Å². The summed E-state index contributed by atoms with van der Waals surface area (Å²) in [6.45, 7) is 6.52. The average Bonchev–Trinajstić information content (AvgIpc) is 2.61. The fourth-order valence-corrected chi connectivity index (χ4v) is 2.71. The van der Waals surface area contributed by atoms with Crippen LogP contribution < -0.4 is 10.6 Å². The number of nitrogens with zero attached hydrogens (tertiary/aromatic N) is 1. The van der Waals surface area contributed by atoms with Crippen LogP contribution in [0.1, 0.15) is 43.0 Å². The van der Waals surface area contributed by atoms with Crippen molar-refractivity contribution in [2.45, 2.75) is 39.4 Å². The van der Waals surface area contributed by atoms with Crippen LogP contribution in [0.25, 0.3) is 0 Å². The summed E-state index contributed by atoms with van der Waals surface area (Å²) in [5.41, 5.74) is 0.344. The number of benzene rings is 2. The van der Waals surface area contributed by atoms with Gasteiger partial charge in [-0.1, -0.05) is 29.4 Å². The van der Waals surface area contributed by atoms with Crippen LogP contribution in [0.5, 0.6) is 0 Å². The third-order valence-corrected chi connectivity index (χ3v) is 4.38. The van der Waals surface area contributed by atoms with Gasteiger partial charge < -0.3 is 15.8 Å². The van der Waals surface area contributed by atoms with E-state index in [1.807, 2.05) is 0 Å². The molecule has 0 heterocycles. The van der Waals surface area contributed by atoms with Crippen molar-refractivity contribution in [1.82, 2.24) is 5.32 Å². The monoisotopic (exact) mass is 393 g/mol. The zero-order valence-electron chi connectivity index (χ0n) is 16.0. The smallest absolute Gasteiger partial charge is 0.411 e. The summed E-state index contributed by atoms with van der Waals surface area (Å²) in [6.07, 6.45) is -4.50. The molecule has 2 aromatic carbocycles. The highest BCUT2D eigenvalue weighted by Gasteiger charge is 2.32. The minimum Gasteiger partial charge on any atom is -0.411 e. The zero-order chi connectivity index (χ0) is 21.1. The van der Waals surface area contributed by atoms with Crippen LogP contribution in [-0.2, 0) is 11.7 Å². The maximum atomic E-state index is 13.0. The van der Waals surface area contributed by atoms with Crippen LogP contribution in [0, 0.1) is 6.92 Å². The molecule has 0 unspecified atom stereocenters. The molecular formula is C20H22F3N3O2. The second kappa shape index (κ2) is 7.92. The molecule has 150 valence electrons. The van der Waals surface area contributed by atoms with Crippen LogP contribution >= 0.6 is 0 Å². The quantitative estimate of drug-likeness (QED) is 0.376. The fraction of sp³-hybridized carbons (Fsp3) is 0.300. The number of hydrogen-bond acceptors (Lipinski definition) is 3. The predicted molar refractivity (Wildman–Crippen MR) is 102 cm³/mol. The Bertz CT molecular complexity index is 906. The average molecular weight is 393 g/mol. The van der Waals surface area contributed by atoms with Crippen molar-refractivity contribution < 1.29 is 23.2 Å².